The first-order valence-electron chi connectivity index (χ1n) is 8.69. The van der Waals surface area contributed by atoms with Gasteiger partial charge < -0.3 is 15.4 Å². The molecule has 7 heteroatoms. The Balaban J connectivity index is 1.63. The van der Waals surface area contributed by atoms with Crippen LogP contribution in [0, 0.1) is 6.92 Å². The molecule has 28 heavy (non-hydrogen) atoms. The molecule has 0 unspecified atom stereocenters. The minimum atomic E-state index is 0.466. The van der Waals surface area contributed by atoms with Gasteiger partial charge in [0.1, 0.15) is 11.6 Å². The van der Waals surface area contributed by atoms with E-state index in [9.17, 15) is 0 Å². The van der Waals surface area contributed by atoms with E-state index in [0.29, 0.717) is 22.5 Å². The lowest BCUT2D eigenvalue weighted by Gasteiger charge is -2.13. The van der Waals surface area contributed by atoms with Crippen molar-refractivity contribution in [2.24, 2.45) is 0 Å². The molecule has 0 fully saturated rings. The Morgan fingerprint density at radius 1 is 0.929 bits per heavy atom. The van der Waals surface area contributed by atoms with Crippen LogP contribution in [0.3, 0.4) is 0 Å². The van der Waals surface area contributed by atoms with Crippen molar-refractivity contribution in [3.8, 4) is 5.75 Å². The van der Waals surface area contributed by atoms with E-state index in [4.69, 9.17) is 16.3 Å². The molecule has 0 radical (unpaired) electrons. The highest BCUT2D eigenvalue weighted by Crippen LogP contribution is 2.33. The van der Waals surface area contributed by atoms with Crippen molar-refractivity contribution < 1.29 is 4.74 Å². The van der Waals surface area contributed by atoms with Gasteiger partial charge in [-0.05, 0) is 36.8 Å². The van der Waals surface area contributed by atoms with Crippen LogP contribution in [0.4, 0.5) is 23.1 Å². The van der Waals surface area contributed by atoms with Crippen LogP contribution in [0.2, 0.25) is 5.02 Å². The standard InChI is InChI=1S/C21H18ClN5O/c1-13-11-17(18(28-2)12-15(13)22)25-19-8-10-24-21(27-19)26-16-7-3-5-14-6-4-9-23-20(14)16/h3-12H,1-2H3,(H2,24,25,26,27). The smallest absolute Gasteiger partial charge is 0.229 e. The fraction of sp³-hybridized carbons (Fsp3) is 0.0952. The minimum absolute atomic E-state index is 0.466. The van der Waals surface area contributed by atoms with E-state index >= 15 is 0 Å². The van der Waals surface area contributed by atoms with Gasteiger partial charge in [0.05, 0.1) is 24.0 Å². The molecule has 0 saturated carbocycles. The topological polar surface area (TPSA) is 72.0 Å². The van der Waals surface area contributed by atoms with Crippen LogP contribution in [0.1, 0.15) is 5.56 Å². The molecule has 6 nitrogen and oxygen atoms in total. The van der Waals surface area contributed by atoms with E-state index in [1.54, 1.807) is 31.6 Å². The third-order valence-corrected chi connectivity index (χ3v) is 4.69. The summed E-state index contributed by atoms with van der Waals surface area (Å²) in [6.45, 7) is 1.94. The average Bonchev–Trinajstić information content (AvgIpc) is 2.71. The molecule has 0 aliphatic heterocycles. The second kappa shape index (κ2) is 7.70. The number of pyridine rings is 1. The fourth-order valence-corrected chi connectivity index (χ4v) is 3.04. The molecule has 0 aliphatic rings. The maximum Gasteiger partial charge on any atom is 0.229 e. The van der Waals surface area contributed by atoms with Gasteiger partial charge in [0.2, 0.25) is 5.95 Å². The monoisotopic (exact) mass is 391 g/mol. The van der Waals surface area contributed by atoms with E-state index in [1.165, 1.54) is 0 Å². The molecule has 2 heterocycles. The van der Waals surface area contributed by atoms with Crippen molar-refractivity contribution in [1.29, 1.82) is 0 Å². The molecule has 140 valence electrons. The van der Waals surface area contributed by atoms with Crippen LogP contribution in [-0.2, 0) is 0 Å². The summed E-state index contributed by atoms with van der Waals surface area (Å²) in [5, 5.41) is 8.20. The van der Waals surface area contributed by atoms with Crippen LogP contribution in [0.5, 0.6) is 5.75 Å². The van der Waals surface area contributed by atoms with Crippen LogP contribution in [-0.4, -0.2) is 22.1 Å². The van der Waals surface area contributed by atoms with E-state index in [1.807, 2.05) is 43.3 Å². The summed E-state index contributed by atoms with van der Waals surface area (Å²) in [5.41, 5.74) is 3.43. The van der Waals surface area contributed by atoms with Crippen molar-refractivity contribution in [2.45, 2.75) is 6.92 Å². The number of aryl methyl sites for hydroxylation is 1. The Morgan fingerprint density at radius 2 is 1.79 bits per heavy atom. The molecular formula is C21H18ClN5O. The number of nitrogens with zero attached hydrogens (tertiary/aromatic N) is 3. The number of para-hydroxylation sites is 1. The van der Waals surface area contributed by atoms with Crippen molar-refractivity contribution in [3.05, 3.63) is 71.5 Å². The van der Waals surface area contributed by atoms with Gasteiger partial charge in [0, 0.05) is 28.9 Å². The summed E-state index contributed by atoms with van der Waals surface area (Å²) < 4.78 is 5.41. The average molecular weight is 392 g/mol. The lowest BCUT2D eigenvalue weighted by Crippen LogP contribution is -2.02. The number of hydrogen-bond acceptors (Lipinski definition) is 6. The molecule has 0 spiro atoms. The molecule has 0 saturated heterocycles. The fourth-order valence-electron chi connectivity index (χ4n) is 2.88. The zero-order valence-corrected chi connectivity index (χ0v) is 16.2. The zero-order chi connectivity index (χ0) is 19.5. The number of anilines is 4. The number of halogens is 1. The predicted molar refractivity (Wildman–Crippen MR) is 113 cm³/mol. The van der Waals surface area contributed by atoms with E-state index in [-0.39, 0.29) is 0 Å². The van der Waals surface area contributed by atoms with Crippen LogP contribution in [0.15, 0.2) is 60.9 Å². The molecule has 0 amide bonds. The van der Waals surface area contributed by atoms with Gasteiger partial charge in [-0.25, -0.2) is 4.98 Å². The highest BCUT2D eigenvalue weighted by atomic mass is 35.5. The summed E-state index contributed by atoms with van der Waals surface area (Å²) in [7, 11) is 1.60. The molecule has 2 N–H and O–H groups in total. The Kier molecular flexibility index (Phi) is 4.95. The van der Waals surface area contributed by atoms with Gasteiger partial charge in [0.25, 0.3) is 0 Å². The minimum Gasteiger partial charge on any atom is -0.495 e. The predicted octanol–water partition coefficient (Wildman–Crippen LogP) is 5.48. The molecule has 0 bridgehead atoms. The second-order valence-electron chi connectivity index (χ2n) is 6.20. The van der Waals surface area contributed by atoms with Crippen LogP contribution < -0.4 is 15.4 Å². The third kappa shape index (κ3) is 3.68. The van der Waals surface area contributed by atoms with Gasteiger partial charge in [-0.2, -0.15) is 4.98 Å². The molecule has 4 rings (SSSR count). The number of aromatic nitrogens is 3. The summed E-state index contributed by atoms with van der Waals surface area (Å²) in [5.74, 6) is 1.74. The Labute approximate surface area is 167 Å². The molecule has 4 aromatic rings. The summed E-state index contributed by atoms with van der Waals surface area (Å²) in [6.07, 6.45) is 3.45. The Morgan fingerprint density at radius 3 is 2.64 bits per heavy atom. The number of fused-ring (bicyclic) bond motifs is 1. The van der Waals surface area contributed by atoms with E-state index < -0.39 is 0 Å². The number of rotatable bonds is 5. The van der Waals surface area contributed by atoms with Crippen LogP contribution in [0.25, 0.3) is 10.9 Å². The summed E-state index contributed by atoms with van der Waals surface area (Å²) in [4.78, 5) is 13.3. The Hall–Kier alpha value is -3.38. The van der Waals surface area contributed by atoms with Gasteiger partial charge in [-0.1, -0.05) is 29.8 Å². The van der Waals surface area contributed by atoms with Gasteiger partial charge >= 0.3 is 0 Å². The largest absolute Gasteiger partial charge is 0.495 e. The lowest BCUT2D eigenvalue weighted by atomic mass is 10.2. The first-order chi connectivity index (χ1) is 13.6. The summed E-state index contributed by atoms with van der Waals surface area (Å²) >= 11 is 6.18. The highest BCUT2D eigenvalue weighted by molar-refractivity contribution is 6.31. The number of methoxy groups -OCH3 is 1. The third-order valence-electron chi connectivity index (χ3n) is 4.28. The number of ether oxygens (including phenoxy) is 1. The van der Waals surface area contributed by atoms with Crippen molar-refractivity contribution in [1.82, 2.24) is 15.0 Å². The lowest BCUT2D eigenvalue weighted by molar-refractivity contribution is 0.416. The number of hydrogen-bond donors (Lipinski definition) is 2. The first kappa shape index (κ1) is 18.0. The van der Waals surface area contributed by atoms with Crippen molar-refractivity contribution >= 4 is 45.6 Å². The second-order valence-corrected chi connectivity index (χ2v) is 6.61. The molecule has 0 aliphatic carbocycles. The molecular weight excluding hydrogens is 374 g/mol. The van der Waals surface area contributed by atoms with Gasteiger partial charge in [0.15, 0.2) is 0 Å². The number of benzene rings is 2. The van der Waals surface area contributed by atoms with Gasteiger partial charge in [-0.3, -0.25) is 4.98 Å². The first-order valence-corrected chi connectivity index (χ1v) is 9.07. The quantitative estimate of drug-likeness (QED) is 0.469. The normalized spacial score (nSPS) is 10.7. The van der Waals surface area contributed by atoms with Crippen LogP contribution >= 0.6 is 11.6 Å². The highest BCUT2D eigenvalue weighted by Gasteiger charge is 2.09. The SMILES string of the molecule is COc1cc(Cl)c(C)cc1Nc1ccnc(Nc2cccc3cccnc23)n1. The van der Waals surface area contributed by atoms with E-state index in [2.05, 4.69) is 25.6 Å². The van der Waals surface area contributed by atoms with E-state index in [0.717, 1.165) is 27.8 Å². The van der Waals surface area contributed by atoms with Crippen molar-refractivity contribution in [2.75, 3.05) is 17.7 Å². The zero-order valence-electron chi connectivity index (χ0n) is 15.4. The van der Waals surface area contributed by atoms with Gasteiger partial charge in [-0.15, -0.1) is 0 Å². The molecule has 0 atom stereocenters. The van der Waals surface area contributed by atoms with Crippen molar-refractivity contribution in [3.63, 3.8) is 0 Å². The summed E-state index contributed by atoms with van der Waals surface area (Å²) in [6, 6.07) is 15.3. The Bertz CT molecular complexity index is 1140. The molecule has 2 aromatic heterocycles. The maximum atomic E-state index is 6.18. The molecule has 2 aromatic carbocycles. The number of nitrogens with one attached hydrogen (secondary N) is 2. The maximum absolute atomic E-state index is 6.18.